The fourth-order valence-electron chi connectivity index (χ4n) is 3.05. The topological polar surface area (TPSA) is 53.3 Å². The Kier molecular flexibility index (Phi) is 6.91. The number of amides is 1. The van der Waals surface area contributed by atoms with Crippen LogP contribution in [0.25, 0.3) is 6.08 Å². The van der Waals surface area contributed by atoms with Crippen LogP contribution >= 0.6 is 11.8 Å². The van der Waals surface area contributed by atoms with E-state index in [9.17, 15) is 10.1 Å². The summed E-state index contributed by atoms with van der Waals surface area (Å²) in [7, 11) is 0. The highest BCUT2D eigenvalue weighted by atomic mass is 32.2. The predicted molar refractivity (Wildman–Crippen MR) is 112 cm³/mol. The number of ether oxygens (including phenoxy) is 1. The number of morpholine rings is 1. The maximum atomic E-state index is 12.2. The van der Waals surface area contributed by atoms with Crippen molar-refractivity contribution in [2.75, 3.05) is 26.3 Å². The van der Waals surface area contributed by atoms with Crippen LogP contribution in [0.4, 0.5) is 0 Å². The second-order valence-electron chi connectivity index (χ2n) is 6.93. The molecule has 1 fully saturated rings. The first kappa shape index (κ1) is 20.2. The van der Waals surface area contributed by atoms with E-state index >= 15 is 0 Å². The fraction of sp³-hybridized carbons (Fsp3) is 0.304. The summed E-state index contributed by atoms with van der Waals surface area (Å²) in [6.07, 6.45) is 3.35. The van der Waals surface area contributed by atoms with E-state index in [1.54, 1.807) is 28.8 Å². The molecule has 0 aromatic heterocycles. The van der Waals surface area contributed by atoms with Crippen molar-refractivity contribution in [2.45, 2.75) is 29.6 Å². The van der Waals surface area contributed by atoms with Crippen LogP contribution in [0.5, 0.6) is 0 Å². The lowest BCUT2D eigenvalue weighted by atomic mass is 10.0. The van der Waals surface area contributed by atoms with E-state index in [1.165, 1.54) is 10.5 Å². The van der Waals surface area contributed by atoms with E-state index in [-0.39, 0.29) is 5.91 Å². The Morgan fingerprint density at radius 2 is 1.93 bits per heavy atom. The SMILES string of the molecule is CC(C)c1ccccc1Sc1ccc(/C=C/C(=O)N2CCOCC2)cc1C#N. The third kappa shape index (κ3) is 5.03. The molecule has 2 aromatic rings. The van der Waals surface area contributed by atoms with Gasteiger partial charge in [0.05, 0.1) is 18.8 Å². The van der Waals surface area contributed by atoms with Crippen molar-refractivity contribution in [3.05, 3.63) is 65.2 Å². The third-order valence-electron chi connectivity index (χ3n) is 4.63. The van der Waals surface area contributed by atoms with Gasteiger partial charge in [-0.15, -0.1) is 0 Å². The second-order valence-corrected chi connectivity index (χ2v) is 8.02. The molecule has 1 heterocycles. The highest BCUT2D eigenvalue weighted by molar-refractivity contribution is 7.99. The molecule has 0 saturated carbocycles. The molecule has 28 heavy (non-hydrogen) atoms. The highest BCUT2D eigenvalue weighted by Gasteiger charge is 2.14. The van der Waals surface area contributed by atoms with Crippen LogP contribution < -0.4 is 0 Å². The number of carbonyl (C=O) groups is 1. The van der Waals surface area contributed by atoms with E-state index < -0.39 is 0 Å². The molecule has 1 saturated heterocycles. The van der Waals surface area contributed by atoms with Gasteiger partial charge in [-0.25, -0.2) is 0 Å². The number of nitrogens with zero attached hydrogens (tertiary/aromatic N) is 2. The van der Waals surface area contributed by atoms with Gasteiger partial charge in [-0.3, -0.25) is 4.79 Å². The van der Waals surface area contributed by atoms with Crippen molar-refractivity contribution in [2.24, 2.45) is 0 Å². The Morgan fingerprint density at radius 3 is 2.64 bits per heavy atom. The van der Waals surface area contributed by atoms with Crippen LogP contribution in [-0.2, 0) is 9.53 Å². The standard InChI is InChI=1S/C23H24N2O2S/c1-17(2)20-5-3-4-6-22(20)28-21-9-7-18(15-19(21)16-24)8-10-23(26)25-11-13-27-14-12-25/h3-10,15,17H,11-14H2,1-2H3/b10-8+. The molecule has 0 bridgehead atoms. The summed E-state index contributed by atoms with van der Waals surface area (Å²) in [5.41, 5.74) is 2.74. The van der Waals surface area contributed by atoms with Crippen molar-refractivity contribution >= 4 is 23.7 Å². The van der Waals surface area contributed by atoms with Gasteiger partial charge in [-0.2, -0.15) is 5.26 Å². The van der Waals surface area contributed by atoms with Gasteiger partial charge in [0, 0.05) is 29.0 Å². The molecule has 144 valence electrons. The Morgan fingerprint density at radius 1 is 1.18 bits per heavy atom. The average Bonchev–Trinajstić information content (AvgIpc) is 2.73. The van der Waals surface area contributed by atoms with Gasteiger partial charge in [0.25, 0.3) is 0 Å². The predicted octanol–water partition coefficient (Wildman–Crippen LogP) is 4.70. The summed E-state index contributed by atoms with van der Waals surface area (Å²) in [6, 6.07) is 16.3. The van der Waals surface area contributed by atoms with E-state index in [0.717, 1.165) is 10.5 Å². The van der Waals surface area contributed by atoms with Crippen LogP contribution in [0.15, 0.2) is 58.3 Å². The fourth-order valence-corrected chi connectivity index (χ4v) is 4.21. The van der Waals surface area contributed by atoms with Crippen molar-refractivity contribution in [1.82, 2.24) is 4.90 Å². The lowest BCUT2D eigenvalue weighted by Gasteiger charge is -2.25. The third-order valence-corrected chi connectivity index (χ3v) is 5.79. The minimum Gasteiger partial charge on any atom is -0.378 e. The molecule has 0 aliphatic carbocycles. The van der Waals surface area contributed by atoms with Crippen LogP contribution in [0.2, 0.25) is 0 Å². The van der Waals surface area contributed by atoms with Gasteiger partial charge in [0.1, 0.15) is 6.07 Å². The summed E-state index contributed by atoms with van der Waals surface area (Å²) >= 11 is 1.61. The minimum atomic E-state index is -0.0221. The first-order valence-corrected chi connectivity index (χ1v) is 10.3. The highest BCUT2D eigenvalue weighted by Crippen LogP contribution is 2.35. The Balaban J connectivity index is 1.77. The first-order valence-electron chi connectivity index (χ1n) is 9.44. The molecule has 5 heteroatoms. The largest absolute Gasteiger partial charge is 0.378 e. The molecule has 0 atom stereocenters. The number of benzene rings is 2. The molecule has 1 amide bonds. The monoisotopic (exact) mass is 392 g/mol. The van der Waals surface area contributed by atoms with Crippen LogP contribution in [0.3, 0.4) is 0 Å². The summed E-state index contributed by atoms with van der Waals surface area (Å²) in [5.74, 6) is 0.397. The maximum absolute atomic E-state index is 12.2. The Hall–Kier alpha value is -2.55. The minimum absolute atomic E-state index is 0.0221. The van der Waals surface area contributed by atoms with Crippen molar-refractivity contribution < 1.29 is 9.53 Å². The van der Waals surface area contributed by atoms with Gasteiger partial charge in [0.2, 0.25) is 5.91 Å². The summed E-state index contributed by atoms with van der Waals surface area (Å²) in [5, 5.41) is 9.60. The molecule has 3 rings (SSSR count). The molecule has 1 aliphatic heterocycles. The molecular formula is C23H24N2O2S. The smallest absolute Gasteiger partial charge is 0.246 e. The molecule has 1 aliphatic rings. The lowest BCUT2D eigenvalue weighted by molar-refractivity contribution is -0.129. The number of nitriles is 1. The summed E-state index contributed by atoms with van der Waals surface area (Å²) in [6.45, 7) is 6.76. The Bertz CT molecular complexity index is 909. The summed E-state index contributed by atoms with van der Waals surface area (Å²) < 4.78 is 5.27. The van der Waals surface area contributed by atoms with Gasteiger partial charge in [-0.05, 0) is 41.3 Å². The average molecular weight is 393 g/mol. The van der Waals surface area contributed by atoms with Gasteiger partial charge in [0.15, 0.2) is 0 Å². The normalized spacial score (nSPS) is 14.4. The molecule has 4 nitrogen and oxygen atoms in total. The molecule has 0 spiro atoms. The number of rotatable bonds is 5. The zero-order valence-electron chi connectivity index (χ0n) is 16.2. The maximum Gasteiger partial charge on any atom is 0.246 e. The van der Waals surface area contributed by atoms with E-state index in [2.05, 4.69) is 32.0 Å². The molecular weight excluding hydrogens is 368 g/mol. The lowest BCUT2D eigenvalue weighted by Crippen LogP contribution is -2.39. The summed E-state index contributed by atoms with van der Waals surface area (Å²) in [4.78, 5) is 16.1. The second kappa shape index (κ2) is 9.59. The van der Waals surface area contributed by atoms with E-state index in [4.69, 9.17) is 4.74 Å². The quantitative estimate of drug-likeness (QED) is 0.692. The first-order chi connectivity index (χ1) is 13.6. The zero-order chi connectivity index (χ0) is 19.9. The van der Waals surface area contributed by atoms with Gasteiger partial charge < -0.3 is 9.64 Å². The molecule has 2 aromatic carbocycles. The van der Waals surface area contributed by atoms with Gasteiger partial charge >= 0.3 is 0 Å². The molecule has 0 unspecified atom stereocenters. The number of hydrogen-bond donors (Lipinski definition) is 0. The Labute approximate surface area is 170 Å². The van der Waals surface area contributed by atoms with E-state index in [1.807, 2.05) is 30.3 Å². The van der Waals surface area contributed by atoms with E-state index in [0.29, 0.717) is 37.8 Å². The van der Waals surface area contributed by atoms with Crippen LogP contribution in [0.1, 0.15) is 36.5 Å². The number of hydrogen-bond acceptors (Lipinski definition) is 4. The van der Waals surface area contributed by atoms with Crippen molar-refractivity contribution in [3.63, 3.8) is 0 Å². The van der Waals surface area contributed by atoms with Crippen molar-refractivity contribution in [3.8, 4) is 6.07 Å². The molecule has 0 radical (unpaired) electrons. The zero-order valence-corrected chi connectivity index (χ0v) is 17.0. The van der Waals surface area contributed by atoms with Crippen LogP contribution in [0, 0.1) is 11.3 Å². The van der Waals surface area contributed by atoms with Gasteiger partial charge in [-0.1, -0.05) is 49.9 Å². The van der Waals surface area contributed by atoms with Crippen molar-refractivity contribution in [1.29, 1.82) is 5.26 Å². The molecule has 0 N–H and O–H groups in total. The number of carbonyl (C=O) groups excluding carboxylic acids is 1. The van der Waals surface area contributed by atoms with Crippen LogP contribution in [-0.4, -0.2) is 37.1 Å².